The summed E-state index contributed by atoms with van der Waals surface area (Å²) >= 11 is 4.89. The fourth-order valence-corrected chi connectivity index (χ4v) is 4.55. The highest BCUT2D eigenvalue weighted by Crippen LogP contribution is 2.33. The van der Waals surface area contributed by atoms with Crippen molar-refractivity contribution >= 4 is 50.5 Å². The monoisotopic (exact) mass is 466 g/mol. The molecule has 6 heteroatoms. The van der Waals surface area contributed by atoms with Gasteiger partial charge in [0.25, 0.3) is 5.91 Å². The van der Waals surface area contributed by atoms with Gasteiger partial charge in [-0.25, -0.2) is 4.99 Å². The van der Waals surface area contributed by atoms with Crippen LogP contribution in [0.4, 0.5) is 5.69 Å². The summed E-state index contributed by atoms with van der Waals surface area (Å²) in [5, 5.41) is 3.40. The number of amides is 1. The molecule has 1 aliphatic rings. The minimum Gasteiger partial charge on any atom is -0.457 e. The molecule has 1 amide bonds. The molecular formula is C23H19BrN2O2S. The highest BCUT2D eigenvalue weighted by molar-refractivity contribution is 9.10. The second-order valence-electron chi connectivity index (χ2n) is 6.96. The quantitative estimate of drug-likeness (QED) is 0.446. The van der Waals surface area contributed by atoms with Gasteiger partial charge in [-0.2, -0.15) is 0 Å². The van der Waals surface area contributed by atoms with Gasteiger partial charge >= 0.3 is 0 Å². The van der Waals surface area contributed by atoms with Crippen molar-refractivity contribution in [1.29, 1.82) is 0 Å². The molecule has 0 spiro atoms. The number of nitrogens with zero attached hydrogens (tertiary/aromatic N) is 1. The molecule has 1 N–H and O–H groups in total. The number of aliphatic imine (C=N–C) groups is 1. The van der Waals surface area contributed by atoms with Crippen LogP contribution >= 0.6 is 27.7 Å². The van der Waals surface area contributed by atoms with Crippen molar-refractivity contribution in [2.75, 3.05) is 0 Å². The first-order valence-electron chi connectivity index (χ1n) is 9.12. The SMILES string of the molecule is Cc1ccc(N=C2NC(=O)/C(=C/c3ccc(-c4ccc(C)cc4Br)o3)S2)c(C)c1. The molecule has 29 heavy (non-hydrogen) atoms. The van der Waals surface area contributed by atoms with Crippen LogP contribution < -0.4 is 5.32 Å². The number of carbonyl (C=O) groups excluding carboxylic acids is 1. The van der Waals surface area contributed by atoms with Gasteiger partial charge in [0, 0.05) is 16.1 Å². The van der Waals surface area contributed by atoms with E-state index in [1.807, 2.05) is 63.2 Å². The summed E-state index contributed by atoms with van der Waals surface area (Å²) < 4.78 is 6.92. The maximum atomic E-state index is 12.4. The van der Waals surface area contributed by atoms with Gasteiger partial charge in [-0.05, 0) is 74.0 Å². The third-order valence-electron chi connectivity index (χ3n) is 4.52. The van der Waals surface area contributed by atoms with Crippen molar-refractivity contribution in [2.45, 2.75) is 20.8 Å². The van der Waals surface area contributed by atoms with Crippen LogP contribution in [0.2, 0.25) is 0 Å². The van der Waals surface area contributed by atoms with Crippen LogP contribution in [0.1, 0.15) is 22.5 Å². The van der Waals surface area contributed by atoms with Gasteiger partial charge in [0.2, 0.25) is 0 Å². The molecule has 0 aliphatic carbocycles. The van der Waals surface area contributed by atoms with Crippen LogP contribution in [0.25, 0.3) is 17.4 Å². The van der Waals surface area contributed by atoms with E-state index in [2.05, 4.69) is 32.3 Å². The first-order valence-corrected chi connectivity index (χ1v) is 10.7. The lowest BCUT2D eigenvalue weighted by Crippen LogP contribution is -2.19. The predicted molar refractivity (Wildman–Crippen MR) is 123 cm³/mol. The maximum Gasteiger partial charge on any atom is 0.264 e. The predicted octanol–water partition coefficient (Wildman–Crippen LogP) is 6.53. The minimum atomic E-state index is -0.173. The molecule has 1 aliphatic heterocycles. The Hall–Kier alpha value is -2.57. The molecule has 0 atom stereocenters. The number of hydrogen-bond donors (Lipinski definition) is 1. The Labute approximate surface area is 182 Å². The Kier molecular flexibility index (Phi) is 5.48. The minimum absolute atomic E-state index is 0.173. The van der Waals surface area contributed by atoms with Gasteiger partial charge in [-0.3, -0.25) is 4.79 Å². The lowest BCUT2D eigenvalue weighted by Gasteiger charge is -2.02. The fraction of sp³-hybridized carbons (Fsp3) is 0.130. The van der Waals surface area contributed by atoms with Gasteiger partial charge in [-0.1, -0.05) is 39.7 Å². The van der Waals surface area contributed by atoms with E-state index in [9.17, 15) is 4.79 Å². The van der Waals surface area contributed by atoms with E-state index in [0.717, 1.165) is 27.0 Å². The molecule has 3 aromatic rings. The normalized spacial score (nSPS) is 16.6. The number of amidine groups is 1. The van der Waals surface area contributed by atoms with Crippen LogP contribution in [0, 0.1) is 20.8 Å². The van der Waals surface area contributed by atoms with Gasteiger partial charge in [0.1, 0.15) is 11.5 Å². The molecule has 2 heterocycles. The molecule has 4 nitrogen and oxygen atoms in total. The summed E-state index contributed by atoms with van der Waals surface area (Å²) in [6.45, 7) is 6.10. The average Bonchev–Trinajstić information content (AvgIpc) is 3.25. The molecule has 2 aromatic carbocycles. The summed E-state index contributed by atoms with van der Waals surface area (Å²) in [7, 11) is 0. The molecular weight excluding hydrogens is 448 g/mol. The van der Waals surface area contributed by atoms with Crippen LogP contribution in [0.5, 0.6) is 0 Å². The van der Waals surface area contributed by atoms with Gasteiger partial charge in [0.15, 0.2) is 5.17 Å². The Balaban J connectivity index is 1.57. The number of hydrogen-bond acceptors (Lipinski definition) is 4. The van der Waals surface area contributed by atoms with E-state index in [1.54, 1.807) is 6.08 Å². The molecule has 0 saturated carbocycles. The van der Waals surface area contributed by atoms with Gasteiger partial charge < -0.3 is 9.73 Å². The third kappa shape index (κ3) is 4.38. The lowest BCUT2D eigenvalue weighted by atomic mass is 10.1. The Bertz CT molecular complexity index is 1180. The summed E-state index contributed by atoms with van der Waals surface area (Å²) in [6, 6.07) is 15.9. The zero-order valence-corrected chi connectivity index (χ0v) is 18.6. The zero-order chi connectivity index (χ0) is 20.5. The van der Waals surface area contributed by atoms with Crippen LogP contribution in [-0.2, 0) is 4.79 Å². The van der Waals surface area contributed by atoms with E-state index in [0.29, 0.717) is 15.8 Å². The first-order chi connectivity index (χ1) is 13.9. The molecule has 4 rings (SSSR count). The Morgan fingerprint density at radius 3 is 2.55 bits per heavy atom. The van der Waals surface area contributed by atoms with E-state index < -0.39 is 0 Å². The summed E-state index contributed by atoms with van der Waals surface area (Å²) in [6.07, 6.45) is 1.75. The van der Waals surface area contributed by atoms with Crippen molar-refractivity contribution in [3.63, 3.8) is 0 Å². The molecule has 1 aromatic heterocycles. The van der Waals surface area contributed by atoms with Crippen molar-refractivity contribution in [1.82, 2.24) is 5.32 Å². The standard InChI is InChI=1S/C23H19BrN2O2S/c1-13-5-8-19(15(3)10-13)25-23-26-22(27)21(29-23)12-16-6-9-20(28-16)17-7-4-14(2)11-18(17)24/h4-12H,1-3H3,(H,25,26,27)/b21-12-. The van der Waals surface area contributed by atoms with Crippen molar-refractivity contribution < 1.29 is 9.21 Å². The van der Waals surface area contributed by atoms with E-state index in [-0.39, 0.29) is 5.91 Å². The number of halogens is 1. The number of thioether (sulfide) groups is 1. The Morgan fingerprint density at radius 2 is 1.79 bits per heavy atom. The number of nitrogens with one attached hydrogen (secondary N) is 1. The third-order valence-corrected chi connectivity index (χ3v) is 6.08. The lowest BCUT2D eigenvalue weighted by molar-refractivity contribution is -0.115. The smallest absolute Gasteiger partial charge is 0.264 e. The van der Waals surface area contributed by atoms with Crippen molar-refractivity contribution in [3.8, 4) is 11.3 Å². The van der Waals surface area contributed by atoms with Crippen LogP contribution in [-0.4, -0.2) is 11.1 Å². The number of furan rings is 1. The molecule has 1 fully saturated rings. The highest BCUT2D eigenvalue weighted by Gasteiger charge is 2.24. The Morgan fingerprint density at radius 1 is 1.03 bits per heavy atom. The first kappa shape index (κ1) is 19.7. The summed E-state index contributed by atoms with van der Waals surface area (Å²) in [4.78, 5) is 17.5. The average molecular weight is 467 g/mol. The van der Waals surface area contributed by atoms with Crippen LogP contribution in [0.3, 0.4) is 0 Å². The maximum absolute atomic E-state index is 12.4. The van der Waals surface area contributed by atoms with Crippen molar-refractivity contribution in [3.05, 3.63) is 80.4 Å². The number of aryl methyl sites for hydroxylation is 3. The second-order valence-corrected chi connectivity index (χ2v) is 8.84. The number of carbonyl (C=O) groups is 1. The van der Waals surface area contributed by atoms with E-state index in [1.165, 1.54) is 22.9 Å². The summed E-state index contributed by atoms with van der Waals surface area (Å²) in [5.41, 5.74) is 5.25. The van der Waals surface area contributed by atoms with Gasteiger partial charge in [0.05, 0.1) is 10.6 Å². The number of rotatable bonds is 3. The largest absolute Gasteiger partial charge is 0.457 e. The molecule has 1 saturated heterocycles. The zero-order valence-electron chi connectivity index (χ0n) is 16.2. The van der Waals surface area contributed by atoms with Crippen LogP contribution in [0.15, 0.2) is 67.3 Å². The molecule has 0 unspecified atom stereocenters. The number of benzene rings is 2. The fourth-order valence-electron chi connectivity index (χ4n) is 3.05. The van der Waals surface area contributed by atoms with E-state index >= 15 is 0 Å². The molecule has 0 bridgehead atoms. The molecule has 0 radical (unpaired) electrons. The highest BCUT2D eigenvalue weighted by atomic mass is 79.9. The molecule has 146 valence electrons. The summed E-state index contributed by atoms with van der Waals surface area (Å²) in [5.74, 6) is 1.20. The van der Waals surface area contributed by atoms with E-state index in [4.69, 9.17) is 4.42 Å². The topological polar surface area (TPSA) is 54.6 Å². The van der Waals surface area contributed by atoms with Gasteiger partial charge in [-0.15, -0.1) is 0 Å². The van der Waals surface area contributed by atoms with Crippen molar-refractivity contribution in [2.24, 2.45) is 4.99 Å². The second kappa shape index (κ2) is 8.05.